The lowest BCUT2D eigenvalue weighted by Gasteiger charge is -2.37. The number of rotatable bonds is 2. The molecule has 1 heterocycles. The standard InChI is InChI=1S/C14H27N3O/c1-14(2,3)16-10-4-6-11(7-5-10)17-9-8-12(15)13(17)18/h10-12,16H,4-9,15H2,1-3H3/t10-,11-,12-/m0/s1. The Hall–Kier alpha value is -0.610. The zero-order chi connectivity index (χ0) is 13.3. The van der Waals surface area contributed by atoms with Gasteiger partial charge in [-0.25, -0.2) is 0 Å². The average Bonchev–Trinajstić information content (AvgIpc) is 2.59. The lowest BCUT2D eigenvalue weighted by atomic mass is 9.89. The number of nitrogens with zero attached hydrogens (tertiary/aromatic N) is 1. The molecule has 0 aromatic carbocycles. The van der Waals surface area contributed by atoms with Crippen molar-refractivity contribution in [3.05, 3.63) is 0 Å². The molecule has 1 saturated heterocycles. The molecule has 18 heavy (non-hydrogen) atoms. The van der Waals surface area contributed by atoms with Crippen LogP contribution in [0.1, 0.15) is 52.9 Å². The van der Waals surface area contributed by atoms with Gasteiger partial charge in [0.1, 0.15) is 0 Å². The predicted octanol–water partition coefficient (Wildman–Crippen LogP) is 1.25. The summed E-state index contributed by atoms with van der Waals surface area (Å²) in [7, 11) is 0. The molecule has 2 fully saturated rings. The van der Waals surface area contributed by atoms with Crippen LogP contribution in [0.5, 0.6) is 0 Å². The van der Waals surface area contributed by atoms with Crippen LogP contribution in [-0.4, -0.2) is 41.0 Å². The van der Waals surface area contributed by atoms with Gasteiger partial charge in [0.25, 0.3) is 0 Å². The van der Waals surface area contributed by atoms with Crippen LogP contribution < -0.4 is 11.1 Å². The minimum Gasteiger partial charge on any atom is -0.338 e. The molecule has 1 aliphatic carbocycles. The van der Waals surface area contributed by atoms with E-state index in [4.69, 9.17) is 5.73 Å². The highest BCUT2D eigenvalue weighted by Gasteiger charge is 2.35. The molecule has 0 radical (unpaired) electrons. The van der Waals surface area contributed by atoms with Gasteiger partial charge in [0.15, 0.2) is 0 Å². The molecule has 0 spiro atoms. The van der Waals surface area contributed by atoms with E-state index in [-0.39, 0.29) is 17.5 Å². The normalized spacial score (nSPS) is 34.1. The van der Waals surface area contributed by atoms with Crippen LogP contribution in [0.3, 0.4) is 0 Å². The maximum atomic E-state index is 11.9. The second-order valence-corrected chi connectivity index (χ2v) is 6.83. The van der Waals surface area contributed by atoms with Crippen LogP contribution in [-0.2, 0) is 4.79 Å². The number of hydrogen-bond acceptors (Lipinski definition) is 3. The van der Waals surface area contributed by atoms with Gasteiger partial charge in [-0.05, 0) is 52.9 Å². The lowest BCUT2D eigenvalue weighted by molar-refractivity contribution is -0.131. The third kappa shape index (κ3) is 3.23. The molecule has 2 aliphatic rings. The Labute approximate surface area is 110 Å². The molecule has 3 N–H and O–H groups in total. The molecule has 1 amide bonds. The molecule has 4 heteroatoms. The fraction of sp³-hybridized carbons (Fsp3) is 0.929. The molecule has 0 aromatic rings. The molecule has 1 saturated carbocycles. The van der Waals surface area contributed by atoms with Crippen LogP contribution in [0.25, 0.3) is 0 Å². The number of hydrogen-bond donors (Lipinski definition) is 2. The van der Waals surface area contributed by atoms with Gasteiger partial charge in [-0.15, -0.1) is 0 Å². The van der Waals surface area contributed by atoms with E-state index in [1.807, 2.05) is 4.90 Å². The van der Waals surface area contributed by atoms with Crippen molar-refractivity contribution in [2.24, 2.45) is 5.73 Å². The van der Waals surface area contributed by atoms with Crippen molar-refractivity contribution in [1.82, 2.24) is 10.2 Å². The number of carbonyl (C=O) groups is 1. The second-order valence-electron chi connectivity index (χ2n) is 6.83. The Bertz CT molecular complexity index is 303. The Kier molecular flexibility index (Phi) is 3.97. The Balaban J connectivity index is 1.82. The van der Waals surface area contributed by atoms with Crippen molar-refractivity contribution in [2.45, 2.75) is 76.5 Å². The molecule has 0 unspecified atom stereocenters. The second kappa shape index (κ2) is 5.17. The van der Waals surface area contributed by atoms with Crippen molar-refractivity contribution in [3.63, 3.8) is 0 Å². The Morgan fingerprint density at radius 3 is 2.22 bits per heavy atom. The monoisotopic (exact) mass is 253 g/mol. The number of likely N-dealkylation sites (tertiary alicyclic amines) is 1. The summed E-state index contributed by atoms with van der Waals surface area (Å²) in [4.78, 5) is 13.9. The SMILES string of the molecule is CC(C)(C)N[C@H]1CC[C@H](N2CC[C@H](N)C2=O)CC1. The summed E-state index contributed by atoms with van der Waals surface area (Å²) in [6.45, 7) is 7.49. The van der Waals surface area contributed by atoms with Gasteiger partial charge in [-0.3, -0.25) is 4.79 Å². The minimum absolute atomic E-state index is 0.169. The summed E-state index contributed by atoms with van der Waals surface area (Å²) in [5.41, 5.74) is 5.97. The highest BCUT2D eigenvalue weighted by Crippen LogP contribution is 2.27. The van der Waals surface area contributed by atoms with Crippen molar-refractivity contribution in [3.8, 4) is 0 Å². The summed E-state index contributed by atoms with van der Waals surface area (Å²) in [5.74, 6) is 0.169. The third-order valence-corrected chi connectivity index (χ3v) is 4.06. The van der Waals surface area contributed by atoms with Gasteiger partial charge in [0.2, 0.25) is 5.91 Å². The molecular weight excluding hydrogens is 226 g/mol. The molecular formula is C14H27N3O. The van der Waals surface area contributed by atoms with E-state index in [2.05, 4.69) is 26.1 Å². The molecule has 1 atom stereocenters. The maximum absolute atomic E-state index is 11.9. The van der Waals surface area contributed by atoms with E-state index in [9.17, 15) is 4.79 Å². The third-order valence-electron chi connectivity index (χ3n) is 4.06. The maximum Gasteiger partial charge on any atom is 0.239 e. The van der Waals surface area contributed by atoms with Gasteiger partial charge in [-0.1, -0.05) is 0 Å². The minimum atomic E-state index is -0.240. The quantitative estimate of drug-likeness (QED) is 0.778. The van der Waals surface area contributed by atoms with Crippen molar-refractivity contribution >= 4 is 5.91 Å². The van der Waals surface area contributed by atoms with Gasteiger partial charge < -0.3 is 16.0 Å². The number of nitrogens with two attached hydrogens (primary N) is 1. The first-order valence-electron chi connectivity index (χ1n) is 7.20. The molecule has 1 aliphatic heterocycles. The van der Waals surface area contributed by atoms with Gasteiger partial charge in [-0.2, -0.15) is 0 Å². The van der Waals surface area contributed by atoms with Crippen molar-refractivity contribution < 1.29 is 4.79 Å². The fourth-order valence-corrected chi connectivity index (χ4v) is 3.23. The summed E-state index contributed by atoms with van der Waals surface area (Å²) in [6, 6.07) is 0.798. The Morgan fingerprint density at radius 2 is 1.78 bits per heavy atom. The van der Waals surface area contributed by atoms with E-state index < -0.39 is 0 Å². The highest BCUT2D eigenvalue weighted by atomic mass is 16.2. The van der Waals surface area contributed by atoms with Crippen molar-refractivity contribution in [2.75, 3.05) is 6.54 Å². The topological polar surface area (TPSA) is 58.4 Å². The highest BCUT2D eigenvalue weighted by molar-refractivity contribution is 5.84. The van der Waals surface area contributed by atoms with Crippen LogP contribution >= 0.6 is 0 Å². The predicted molar refractivity (Wildman–Crippen MR) is 73.2 cm³/mol. The van der Waals surface area contributed by atoms with Gasteiger partial charge in [0.05, 0.1) is 6.04 Å². The van der Waals surface area contributed by atoms with E-state index in [1.54, 1.807) is 0 Å². The average molecular weight is 253 g/mol. The molecule has 0 bridgehead atoms. The lowest BCUT2D eigenvalue weighted by Crippen LogP contribution is -2.49. The Morgan fingerprint density at radius 1 is 1.17 bits per heavy atom. The zero-order valence-corrected chi connectivity index (χ0v) is 11.9. The first-order chi connectivity index (χ1) is 8.37. The van der Waals surface area contributed by atoms with E-state index in [0.717, 1.165) is 25.8 Å². The summed E-state index contributed by atoms with van der Waals surface area (Å²) in [6.07, 6.45) is 5.40. The summed E-state index contributed by atoms with van der Waals surface area (Å²) in [5, 5.41) is 3.66. The van der Waals surface area contributed by atoms with Gasteiger partial charge in [0, 0.05) is 24.2 Å². The molecule has 0 aromatic heterocycles. The number of nitrogens with one attached hydrogen (secondary N) is 1. The van der Waals surface area contributed by atoms with Crippen LogP contribution in [0.15, 0.2) is 0 Å². The first kappa shape index (κ1) is 13.8. The summed E-state index contributed by atoms with van der Waals surface area (Å²) < 4.78 is 0. The summed E-state index contributed by atoms with van der Waals surface area (Å²) >= 11 is 0. The van der Waals surface area contributed by atoms with Crippen LogP contribution in [0.4, 0.5) is 0 Å². The van der Waals surface area contributed by atoms with Gasteiger partial charge >= 0.3 is 0 Å². The molecule has 4 nitrogen and oxygen atoms in total. The van der Waals surface area contributed by atoms with Crippen LogP contribution in [0.2, 0.25) is 0 Å². The zero-order valence-electron chi connectivity index (χ0n) is 11.9. The van der Waals surface area contributed by atoms with E-state index in [0.29, 0.717) is 12.1 Å². The van der Waals surface area contributed by atoms with E-state index in [1.165, 1.54) is 12.8 Å². The van der Waals surface area contributed by atoms with E-state index >= 15 is 0 Å². The number of amides is 1. The molecule has 2 rings (SSSR count). The van der Waals surface area contributed by atoms with Crippen molar-refractivity contribution in [1.29, 1.82) is 0 Å². The van der Waals surface area contributed by atoms with Crippen LogP contribution in [0, 0.1) is 0 Å². The smallest absolute Gasteiger partial charge is 0.239 e. The first-order valence-corrected chi connectivity index (χ1v) is 7.20. The molecule has 104 valence electrons. The number of carbonyl (C=O) groups excluding carboxylic acids is 1. The fourth-order valence-electron chi connectivity index (χ4n) is 3.23. The largest absolute Gasteiger partial charge is 0.338 e.